The number of hydrogen-bond acceptors (Lipinski definition) is 3. The molecule has 0 aromatic rings. The first-order valence-corrected chi connectivity index (χ1v) is 10.0. The summed E-state index contributed by atoms with van der Waals surface area (Å²) in [6, 6.07) is 0. The van der Waals surface area contributed by atoms with Crippen LogP contribution in [-0.2, 0) is 9.53 Å². The Morgan fingerprint density at radius 3 is 1.81 bits per heavy atom. The topological polar surface area (TPSA) is 81.4 Å². The minimum Gasteiger partial charge on any atom is -0.444 e. The highest BCUT2D eigenvalue weighted by atomic mass is 16.6. The van der Waals surface area contributed by atoms with Crippen LogP contribution in [0.3, 0.4) is 0 Å². The van der Waals surface area contributed by atoms with Crippen molar-refractivity contribution in [3.8, 4) is 0 Å². The van der Waals surface area contributed by atoms with Gasteiger partial charge in [-0.15, -0.1) is 0 Å². The van der Waals surface area contributed by atoms with Crippen LogP contribution in [0.25, 0.3) is 0 Å². The van der Waals surface area contributed by atoms with Gasteiger partial charge < -0.3 is 15.8 Å². The van der Waals surface area contributed by atoms with Gasteiger partial charge in [-0.25, -0.2) is 4.79 Å². The molecule has 0 saturated heterocycles. The highest BCUT2D eigenvalue weighted by molar-refractivity contribution is 5.75. The Morgan fingerprint density at radius 2 is 1.42 bits per heavy atom. The summed E-state index contributed by atoms with van der Waals surface area (Å²) >= 11 is 0. The molecular weight excluding hydrogens is 328 g/mol. The maximum atomic E-state index is 11.4. The molecule has 0 radical (unpaired) electrons. The molecule has 0 heterocycles. The SMILES string of the molecule is CC12CC(CC(N)=O)(C1)C2.CC12CC(CCNC(=O)OC(C)(C)C)(C1)C2. The third kappa shape index (κ3) is 4.01. The number of carbonyl (C=O) groups excluding carboxylic acids is 2. The van der Waals surface area contributed by atoms with Crippen molar-refractivity contribution in [2.75, 3.05) is 6.54 Å². The third-order valence-corrected chi connectivity index (χ3v) is 6.68. The average molecular weight is 365 g/mol. The quantitative estimate of drug-likeness (QED) is 0.769. The van der Waals surface area contributed by atoms with Gasteiger partial charge in [-0.2, -0.15) is 0 Å². The van der Waals surface area contributed by atoms with Crippen LogP contribution in [-0.4, -0.2) is 24.1 Å². The van der Waals surface area contributed by atoms with E-state index in [4.69, 9.17) is 10.5 Å². The highest BCUT2D eigenvalue weighted by Crippen LogP contribution is 2.75. The fourth-order valence-electron chi connectivity index (χ4n) is 6.69. The Hall–Kier alpha value is -1.26. The Morgan fingerprint density at radius 1 is 0.962 bits per heavy atom. The standard InChI is InChI=1S/C13H23NO2.C8H13NO/c1-11(2,3)16-10(15)14-6-5-13-7-12(4,8-13)9-13;1-7-3-8(4-7,5-7)2-6(9)10/h5-9H2,1-4H3,(H,14,15);2-5H2,1H3,(H2,9,10). The number of hydrogen-bond donors (Lipinski definition) is 2. The molecule has 6 saturated carbocycles. The molecule has 6 aliphatic rings. The van der Waals surface area contributed by atoms with Gasteiger partial charge in [0, 0.05) is 13.0 Å². The predicted octanol–water partition coefficient (Wildman–Crippen LogP) is 4.14. The van der Waals surface area contributed by atoms with Gasteiger partial charge in [0.05, 0.1) is 0 Å². The third-order valence-electron chi connectivity index (χ3n) is 6.68. The molecule has 3 N–H and O–H groups in total. The van der Waals surface area contributed by atoms with E-state index >= 15 is 0 Å². The molecule has 4 bridgehead atoms. The molecule has 0 unspecified atom stereocenters. The first-order valence-electron chi connectivity index (χ1n) is 10.0. The van der Waals surface area contributed by atoms with Gasteiger partial charge in [0.15, 0.2) is 0 Å². The van der Waals surface area contributed by atoms with Gasteiger partial charge in [0.25, 0.3) is 0 Å². The fourth-order valence-corrected chi connectivity index (χ4v) is 6.69. The zero-order valence-corrected chi connectivity index (χ0v) is 17.2. The lowest BCUT2D eigenvalue weighted by molar-refractivity contribution is -0.195. The van der Waals surface area contributed by atoms with Crippen LogP contribution in [0.15, 0.2) is 0 Å². The van der Waals surface area contributed by atoms with Crippen molar-refractivity contribution in [2.24, 2.45) is 27.4 Å². The molecule has 0 aliphatic heterocycles. The summed E-state index contributed by atoms with van der Waals surface area (Å²) in [4.78, 5) is 22.0. The lowest BCUT2D eigenvalue weighted by Gasteiger charge is -2.70. The number of nitrogens with one attached hydrogen (secondary N) is 1. The van der Waals surface area contributed by atoms with Crippen LogP contribution >= 0.6 is 0 Å². The number of alkyl carbamates (subject to hydrolysis) is 1. The first kappa shape index (κ1) is 19.5. The van der Waals surface area contributed by atoms with E-state index in [1.165, 1.54) is 38.5 Å². The summed E-state index contributed by atoms with van der Waals surface area (Å²) in [5.41, 5.74) is 6.94. The van der Waals surface area contributed by atoms with E-state index in [1.807, 2.05) is 20.8 Å². The number of rotatable bonds is 5. The Labute approximate surface area is 157 Å². The molecule has 5 nitrogen and oxygen atoms in total. The van der Waals surface area contributed by atoms with Gasteiger partial charge in [-0.1, -0.05) is 13.8 Å². The maximum Gasteiger partial charge on any atom is 0.407 e. The van der Waals surface area contributed by atoms with E-state index in [1.54, 1.807) is 0 Å². The molecule has 5 heteroatoms. The van der Waals surface area contributed by atoms with Crippen LogP contribution in [0.4, 0.5) is 4.79 Å². The predicted molar refractivity (Wildman–Crippen MR) is 101 cm³/mol. The first-order chi connectivity index (χ1) is 11.8. The second-order valence-electron chi connectivity index (χ2n) is 11.5. The zero-order valence-electron chi connectivity index (χ0n) is 17.2. The van der Waals surface area contributed by atoms with Crippen molar-refractivity contribution in [3.63, 3.8) is 0 Å². The highest BCUT2D eigenvalue weighted by Gasteiger charge is 2.65. The van der Waals surface area contributed by atoms with Gasteiger partial charge in [-0.05, 0) is 87.4 Å². The Bertz CT molecular complexity index is 565. The summed E-state index contributed by atoms with van der Waals surface area (Å²) in [5.74, 6) is -0.123. The number of amides is 2. The van der Waals surface area contributed by atoms with Crippen LogP contribution in [0.1, 0.15) is 86.0 Å². The van der Waals surface area contributed by atoms with E-state index < -0.39 is 5.60 Å². The summed E-state index contributed by atoms with van der Waals surface area (Å²) in [6.07, 6.45) is 9.24. The summed E-state index contributed by atoms with van der Waals surface area (Å²) < 4.78 is 5.19. The van der Waals surface area contributed by atoms with Crippen LogP contribution < -0.4 is 11.1 Å². The smallest absolute Gasteiger partial charge is 0.407 e. The van der Waals surface area contributed by atoms with Gasteiger partial charge in [0.1, 0.15) is 5.60 Å². The largest absolute Gasteiger partial charge is 0.444 e. The monoisotopic (exact) mass is 364 g/mol. The van der Waals surface area contributed by atoms with Gasteiger partial charge in [0.2, 0.25) is 5.91 Å². The second kappa shape index (κ2) is 5.87. The van der Waals surface area contributed by atoms with Crippen molar-refractivity contribution in [2.45, 2.75) is 91.6 Å². The van der Waals surface area contributed by atoms with E-state index in [2.05, 4.69) is 19.2 Å². The number of primary amides is 1. The van der Waals surface area contributed by atoms with Crippen molar-refractivity contribution >= 4 is 12.0 Å². The van der Waals surface area contributed by atoms with Gasteiger partial charge in [-0.3, -0.25) is 4.79 Å². The zero-order chi connectivity index (χ0) is 19.4. The fraction of sp³-hybridized carbons (Fsp3) is 0.905. The molecule has 26 heavy (non-hydrogen) atoms. The van der Waals surface area contributed by atoms with Crippen LogP contribution in [0.2, 0.25) is 0 Å². The molecule has 6 rings (SSSR count). The lowest BCUT2D eigenvalue weighted by Crippen LogP contribution is -2.60. The number of ether oxygens (including phenoxy) is 1. The minimum absolute atomic E-state index is 0.123. The van der Waals surface area contributed by atoms with E-state index in [-0.39, 0.29) is 12.0 Å². The Kier molecular flexibility index (Phi) is 4.40. The van der Waals surface area contributed by atoms with Crippen molar-refractivity contribution in [3.05, 3.63) is 0 Å². The number of nitrogens with two attached hydrogens (primary N) is 1. The Balaban J connectivity index is 0.000000167. The molecule has 148 valence electrons. The molecule has 6 aliphatic carbocycles. The number of carbonyl (C=O) groups is 2. The van der Waals surface area contributed by atoms with Crippen molar-refractivity contribution in [1.29, 1.82) is 0 Å². The lowest BCUT2D eigenvalue weighted by atomic mass is 9.35. The van der Waals surface area contributed by atoms with Crippen LogP contribution in [0, 0.1) is 21.7 Å². The van der Waals surface area contributed by atoms with E-state index in [0.717, 1.165) is 13.0 Å². The van der Waals surface area contributed by atoms with Crippen LogP contribution in [0.5, 0.6) is 0 Å². The van der Waals surface area contributed by atoms with Gasteiger partial charge >= 0.3 is 6.09 Å². The normalized spacial score (nSPS) is 41.1. The molecule has 0 spiro atoms. The molecule has 6 fully saturated rings. The molecule has 0 aromatic heterocycles. The summed E-state index contributed by atoms with van der Waals surface area (Å²) in [7, 11) is 0. The maximum absolute atomic E-state index is 11.4. The molecule has 0 atom stereocenters. The molecule has 2 amide bonds. The van der Waals surface area contributed by atoms with Crippen molar-refractivity contribution in [1.82, 2.24) is 5.32 Å². The van der Waals surface area contributed by atoms with Crippen molar-refractivity contribution < 1.29 is 14.3 Å². The summed E-state index contributed by atoms with van der Waals surface area (Å²) in [5, 5.41) is 2.84. The summed E-state index contributed by atoms with van der Waals surface area (Å²) in [6.45, 7) is 11.1. The second-order valence-corrected chi connectivity index (χ2v) is 11.5. The minimum atomic E-state index is -0.395. The van der Waals surface area contributed by atoms with E-state index in [0.29, 0.717) is 28.1 Å². The molecule has 0 aromatic carbocycles. The average Bonchev–Trinajstić information content (AvgIpc) is 2.30. The molecular formula is C21H36N2O3. The van der Waals surface area contributed by atoms with E-state index in [9.17, 15) is 9.59 Å².